The van der Waals surface area contributed by atoms with Crippen LogP contribution in [0.5, 0.6) is 0 Å². The van der Waals surface area contributed by atoms with E-state index in [0.717, 1.165) is 22.4 Å². The van der Waals surface area contributed by atoms with E-state index in [4.69, 9.17) is 0 Å². The molecule has 0 N–H and O–H groups in total. The topological polar surface area (TPSA) is 43.6 Å². The molecule has 0 saturated heterocycles. The van der Waals surface area contributed by atoms with Gasteiger partial charge < -0.3 is 4.57 Å². The molecule has 4 nitrogen and oxygen atoms in total. The van der Waals surface area contributed by atoms with Crippen molar-refractivity contribution in [2.45, 2.75) is 13.5 Å². The predicted molar refractivity (Wildman–Crippen MR) is 56.6 cm³/mol. The van der Waals surface area contributed by atoms with Gasteiger partial charge in [-0.25, -0.2) is 0 Å². The molecule has 72 valence electrons. The first kappa shape index (κ1) is 9.33. The van der Waals surface area contributed by atoms with Crippen LogP contribution >= 0.6 is 15.9 Å². The van der Waals surface area contributed by atoms with Crippen LogP contribution in [0.4, 0.5) is 0 Å². The second kappa shape index (κ2) is 3.88. The Morgan fingerprint density at radius 1 is 1.50 bits per heavy atom. The number of hydrogen-bond donors (Lipinski definition) is 0. The molecule has 5 heteroatoms. The minimum atomic E-state index is 0.858. The monoisotopic (exact) mass is 252 g/mol. The number of aromatic nitrogens is 4. The lowest BCUT2D eigenvalue weighted by Crippen LogP contribution is -1.96. The third-order valence-corrected chi connectivity index (χ3v) is 2.60. The summed E-state index contributed by atoms with van der Waals surface area (Å²) in [6, 6.07) is 1.92. The molecule has 14 heavy (non-hydrogen) atoms. The highest BCUT2D eigenvalue weighted by Crippen LogP contribution is 2.24. The fourth-order valence-corrected chi connectivity index (χ4v) is 1.68. The molecule has 2 rings (SSSR count). The molecule has 0 radical (unpaired) electrons. The summed E-state index contributed by atoms with van der Waals surface area (Å²) in [5.74, 6) is 0.863. The second-order valence-electron chi connectivity index (χ2n) is 2.80. The second-order valence-corrected chi connectivity index (χ2v) is 3.65. The van der Waals surface area contributed by atoms with Gasteiger partial charge in [0.2, 0.25) is 0 Å². The van der Waals surface area contributed by atoms with Crippen LogP contribution in [0, 0.1) is 0 Å². The molecular formula is C9H9BrN4. The van der Waals surface area contributed by atoms with E-state index in [1.54, 1.807) is 18.7 Å². The summed E-state index contributed by atoms with van der Waals surface area (Å²) < 4.78 is 2.92. The molecule has 0 aliphatic carbocycles. The number of hydrogen-bond acceptors (Lipinski definition) is 3. The molecule has 0 aliphatic rings. The Morgan fingerprint density at radius 2 is 2.36 bits per heavy atom. The highest BCUT2D eigenvalue weighted by Gasteiger charge is 2.08. The fraction of sp³-hybridized carbons (Fsp3) is 0.222. The molecule has 0 aromatic carbocycles. The van der Waals surface area contributed by atoms with E-state index in [2.05, 4.69) is 38.0 Å². The number of pyridine rings is 1. The van der Waals surface area contributed by atoms with Crippen molar-refractivity contribution in [2.24, 2.45) is 0 Å². The van der Waals surface area contributed by atoms with E-state index < -0.39 is 0 Å². The molecule has 0 saturated carbocycles. The summed E-state index contributed by atoms with van der Waals surface area (Å²) >= 11 is 3.44. The molecule has 0 fully saturated rings. The first-order valence-electron chi connectivity index (χ1n) is 4.30. The lowest BCUT2D eigenvalue weighted by atomic mass is 10.2. The lowest BCUT2D eigenvalue weighted by Gasteiger charge is -2.04. The lowest BCUT2D eigenvalue weighted by molar-refractivity contribution is 0.766. The zero-order chi connectivity index (χ0) is 9.97. The van der Waals surface area contributed by atoms with Gasteiger partial charge in [-0.05, 0) is 28.9 Å². The number of nitrogens with zero attached hydrogens (tertiary/aromatic N) is 4. The van der Waals surface area contributed by atoms with Crippen LogP contribution in [-0.2, 0) is 6.54 Å². The molecule has 2 heterocycles. The first-order chi connectivity index (χ1) is 6.83. The molecule has 0 spiro atoms. The van der Waals surface area contributed by atoms with E-state index >= 15 is 0 Å². The molecule has 0 atom stereocenters. The van der Waals surface area contributed by atoms with Crippen molar-refractivity contribution in [1.82, 2.24) is 19.7 Å². The Morgan fingerprint density at radius 3 is 3.07 bits per heavy atom. The van der Waals surface area contributed by atoms with Gasteiger partial charge in [0.05, 0.1) is 0 Å². The van der Waals surface area contributed by atoms with Crippen molar-refractivity contribution in [3.63, 3.8) is 0 Å². The maximum atomic E-state index is 4.07. The van der Waals surface area contributed by atoms with Gasteiger partial charge in [0.15, 0.2) is 5.82 Å². The normalized spacial score (nSPS) is 10.4. The van der Waals surface area contributed by atoms with Crippen LogP contribution in [0.3, 0.4) is 0 Å². The van der Waals surface area contributed by atoms with Gasteiger partial charge >= 0.3 is 0 Å². The van der Waals surface area contributed by atoms with Gasteiger partial charge in [0, 0.05) is 29.0 Å². The molecule has 2 aromatic heterocycles. The first-order valence-corrected chi connectivity index (χ1v) is 5.10. The SMILES string of the molecule is CCn1cnnc1-c1ccncc1Br. The third kappa shape index (κ3) is 1.55. The summed E-state index contributed by atoms with van der Waals surface area (Å²) in [5, 5.41) is 7.96. The zero-order valence-electron chi connectivity index (χ0n) is 7.68. The smallest absolute Gasteiger partial charge is 0.164 e. The van der Waals surface area contributed by atoms with Crippen molar-refractivity contribution >= 4 is 15.9 Å². The predicted octanol–water partition coefficient (Wildman–Crippen LogP) is 2.12. The Labute approximate surface area is 90.1 Å². The van der Waals surface area contributed by atoms with Crippen LogP contribution in [0.15, 0.2) is 29.3 Å². The van der Waals surface area contributed by atoms with Crippen molar-refractivity contribution in [3.8, 4) is 11.4 Å². The average Bonchev–Trinajstić information content (AvgIpc) is 2.66. The maximum Gasteiger partial charge on any atom is 0.164 e. The maximum absolute atomic E-state index is 4.07. The van der Waals surface area contributed by atoms with Gasteiger partial charge in [-0.15, -0.1) is 10.2 Å². The summed E-state index contributed by atoms with van der Waals surface area (Å²) in [6.45, 7) is 2.92. The Kier molecular flexibility index (Phi) is 2.58. The Hall–Kier alpha value is -1.23. The zero-order valence-corrected chi connectivity index (χ0v) is 9.27. The van der Waals surface area contributed by atoms with Crippen molar-refractivity contribution in [3.05, 3.63) is 29.3 Å². The van der Waals surface area contributed by atoms with Gasteiger partial charge in [-0.1, -0.05) is 0 Å². The van der Waals surface area contributed by atoms with Gasteiger partial charge in [-0.3, -0.25) is 4.98 Å². The van der Waals surface area contributed by atoms with E-state index in [0.29, 0.717) is 0 Å². The summed E-state index contributed by atoms with van der Waals surface area (Å²) in [4.78, 5) is 4.01. The minimum absolute atomic E-state index is 0.858. The molecular weight excluding hydrogens is 244 g/mol. The van der Waals surface area contributed by atoms with E-state index in [-0.39, 0.29) is 0 Å². The van der Waals surface area contributed by atoms with E-state index in [9.17, 15) is 0 Å². The van der Waals surface area contributed by atoms with Crippen LogP contribution < -0.4 is 0 Å². The summed E-state index contributed by atoms with van der Waals surface area (Å²) in [5.41, 5.74) is 1.01. The largest absolute Gasteiger partial charge is 0.314 e. The Bertz CT molecular complexity index is 438. The number of aryl methyl sites for hydroxylation is 1. The molecule has 0 bridgehead atoms. The quantitative estimate of drug-likeness (QED) is 0.823. The fourth-order valence-electron chi connectivity index (χ4n) is 1.25. The Balaban J connectivity index is 2.54. The van der Waals surface area contributed by atoms with Crippen molar-refractivity contribution in [2.75, 3.05) is 0 Å². The summed E-state index contributed by atoms with van der Waals surface area (Å²) in [7, 11) is 0. The highest BCUT2D eigenvalue weighted by atomic mass is 79.9. The molecule has 0 aliphatic heterocycles. The van der Waals surface area contributed by atoms with Crippen molar-refractivity contribution in [1.29, 1.82) is 0 Å². The van der Waals surface area contributed by atoms with Crippen LogP contribution in [0.2, 0.25) is 0 Å². The van der Waals surface area contributed by atoms with Gasteiger partial charge in [0.25, 0.3) is 0 Å². The standard InChI is InChI=1S/C9H9BrN4/c1-2-14-6-12-13-9(14)7-3-4-11-5-8(7)10/h3-6H,2H2,1H3. The molecule has 0 unspecified atom stereocenters. The molecule has 2 aromatic rings. The van der Waals surface area contributed by atoms with Gasteiger partial charge in [-0.2, -0.15) is 0 Å². The third-order valence-electron chi connectivity index (χ3n) is 1.97. The number of rotatable bonds is 2. The van der Waals surface area contributed by atoms with E-state index in [1.807, 2.05) is 10.6 Å². The van der Waals surface area contributed by atoms with Crippen LogP contribution in [-0.4, -0.2) is 19.7 Å². The average molecular weight is 253 g/mol. The highest BCUT2D eigenvalue weighted by molar-refractivity contribution is 9.10. The number of halogens is 1. The van der Waals surface area contributed by atoms with E-state index in [1.165, 1.54) is 0 Å². The summed E-state index contributed by atoms with van der Waals surface area (Å²) in [6.07, 6.45) is 5.22. The van der Waals surface area contributed by atoms with Crippen LogP contribution in [0.1, 0.15) is 6.92 Å². The van der Waals surface area contributed by atoms with Crippen molar-refractivity contribution < 1.29 is 0 Å². The van der Waals surface area contributed by atoms with Crippen LogP contribution in [0.25, 0.3) is 11.4 Å². The minimum Gasteiger partial charge on any atom is -0.314 e. The van der Waals surface area contributed by atoms with Gasteiger partial charge in [0.1, 0.15) is 6.33 Å². The molecule has 0 amide bonds.